The fourth-order valence-corrected chi connectivity index (χ4v) is 5.44. The summed E-state index contributed by atoms with van der Waals surface area (Å²) >= 11 is 2.91. The molecule has 2 aromatic carbocycles. The first kappa shape index (κ1) is 20.8. The molecule has 0 saturated carbocycles. The molecule has 0 amide bonds. The number of benzene rings is 2. The third-order valence-electron chi connectivity index (χ3n) is 4.98. The highest BCUT2D eigenvalue weighted by molar-refractivity contribution is 8.05. The summed E-state index contributed by atoms with van der Waals surface area (Å²) in [6.07, 6.45) is 1.85. The molecule has 31 heavy (non-hydrogen) atoms. The van der Waals surface area contributed by atoms with Gasteiger partial charge in [0.1, 0.15) is 6.07 Å². The minimum absolute atomic E-state index is 0.0503. The molecule has 0 aliphatic rings. The second kappa shape index (κ2) is 8.38. The lowest BCUT2D eigenvalue weighted by molar-refractivity contribution is -0.384. The van der Waals surface area contributed by atoms with Crippen molar-refractivity contribution in [1.82, 2.24) is 9.55 Å². The van der Waals surface area contributed by atoms with Crippen LogP contribution in [0.25, 0.3) is 22.0 Å². The van der Waals surface area contributed by atoms with E-state index < -0.39 is 0 Å². The predicted molar refractivity (Wildman–Crippen MR) is 126 cm³/mol. The van der Waals surface area contributed by atoms with Gasteiger partial charge in [0.05, 0.1) is 25.7 Å². The second-order valence-corrected chi connectivity index (χ2v) is 9.38. The average Bonchev–Trinajstić information content (AvgIpc) is 3.27. The maximum atomic E-state index is 11.2. The number of non-ortho nitro benzene ring substituents is 1. The third kappa shape index (κ3) is 4.10. The van der Waals surface area contributed by atoms with Crippen molar-refractivity contribution in [2.75, 3.05) is 0 Å². The first-order chi connectivity index (χ1) is 14.9. The first-order valence-electron chi connectivity index (χ1n) is 9.47. The van der Waals surface area contributed by atoms with Crippen LogP contribution in [-0.4, -0.2) is 14.5 Å². The molecule has 0 unspecified atom stereocenters. The number of hydrogen-bond acceptors (Lipinski definition) is 6. The fourth-order valence-electron chi connectivity index (χ4n) is 3.47. The lowest BCUT2D eigenvalue weighted by Gasteiger charge is -2.12. The molecule has 0 saturated heterocycles. The molecule has 0 aliphatic heterocycles. The first-order valence-corrected chi connectivity index (χ1v) is 11.1. The predicted octanol–water partition coefficient (Wildman–Crippen LogP) is 6.58. The molecule has 6 nitrogen and oxygen atoms in total. The zero-order chi connectivity index (χ0) is 22.1. The summed E-state index contributed by atoms with van der Waals surface area (Å²) in [4.78, 5) is 16.0. The van der Waals surface area contributed by atoms with Crippen molar-refractivity contribution in [2.45, 2.75) is 25.1 Å². The van der Waals surface area contributed by atoms with Crippen LogP contribution in [0.1, 0.15) is 22.5 Å². The van der Waals surface area contributed by atoms with Gasteiger partial charge in [-0.2, -0.15) is 5.26 Å². The van der Waals surface area contributed by atoms with Crippen LogP contribution in [0, 0.1) is 42.2 Å². The fraction of sp³-hybridized carbons (Fsp3) is 0.130. The van der Waals surface area contributed by atoms with E-state index in [-0.39, 0.29) is 10.6 Å². The van der Waals surface area contributed by atoms with Crippen LogP contribution in [-0.2, 0) is 0 Å². The summed E-state index contributed by atoms with van der Waals surface area (Å²) in [5.41, 5.74) is 5.43. The van der Waals surface area contributed by atoms with Gasteiger partial charge in [-0.25, -0.2) is 4.98 Å². The summed E-state index contributed by atoms with van der Waals surface area (Å²) in [5.74, 6) is 0. The van der Waals surface area contributed by atoms with Crippen LogP contribution < -0.4 is 0 Å². The highest BCUT2D eigenvalue weighted by Crippen LogP contribution is 2.35. The van der Waals surface area contributed by atoms with Crippen LogP contribution >= 0.6 is 23.1 Å². The molecule has 4 rings (SSSR count). The minimum atomic E-state index is -0.389. The number of aromatic nitrogens is 2. The van der Waals surface area contributed by atoms with Crippen molar-refractivity contribution in [3.05, 3.63) is 86.1 Å². The largest absolute Gasteiger partial charge is 0.317 e. The molecule has 0 fully saturated rings. The van der Waals surface area contributed by atoms with Gasteiger partial charge in [-0.3, -0.25) is 10.1 Å². The highest BCUT2D eigenvalue weighted by Gasteiger charge is 2.16. The van der Waals surface area contributed by atoms with Gasteiger partial charge < -0.3 is 4.57 Å². The number of fused-ring (bicyclic) bond motifs is 1. The Balaban J connectivity index is 1.72. The van der Waals surface area contributed by atoms with Gasteiger partial charge in [-0.15, -0.1) is 11.3 Å². The summed E-state index contributed by atoms with van der Waals surface area (Å²) < 4.78 is 3.89. The summed E-state index contributed by atoms with van der Waals surface area (Å²) in [6, 6.07) is 17.0. The van der Waals surface area contributed by atoms with Crippen molar-refractivity contribution in [3.8, 4) is 11.8 Å². The number of allylic oxidation sites excluding steroid dienone is 1. The van der Waals surface area contributed by atoms with E-state index in [4.69, 9.17) is 0 Å². The molecular formula is C23H18N4O2S2. The molecule has 0 bridgehead atoms. The molecule has 0 N–H and O–H groups in total. The van der Waals surface area contributed by atoms with Crippen LogP contribution in [0.5, 0.6) is 0 Å². The highest BCUT2D eigenvalue weighted by atomic mass is 32.2. The molecule has 0 atom stereocenters. The smallest absolute Gasteiger partial charge is 0.271 e. The summed E-state index contributed by atoms with van der Waals surface area (Å²) in [7, 11) is 0. The van der Waals surface area contributed by atoms with Crippen molar-refractivity contribution >= 4 is 45.1 Å². The molecule has 0 spiro atoms. The van der Waals surface area contributed by atoms with Crippen LogP contribution in [0.4, 0.5) is 5.69 Å². The van der Waals surface area contributed by atoms with Crippen LogP contribution in [0.15, 0.2) is 57.8 Å². The number of aryl methyl sites for hydroxylation is 2. The number of thiazole rings is 1. The number of hydrogen-bond donors (Lipinski definition) is 0. The van der Waals surface area contributed by atoms with Crippen LogP contribution in [0.2, 0.25) is 0 Å². The molecule has 4 aromatic rings. The number of thioether (sulfide) groups is 1. The van der Waals surface area contributed by atoms with Gasteiger partial charge >= 0.3 is 0 Å². The number of para-hydroxylation sites is 1. The Hall–Kier alpha value is -3.41. The van der Waals surface area contributed by atoms with E-state index in [2.05, 4.69) is 11.1 Å². The normalized spacial score (nSPS) is 11.6. The molecule has 2 aromatic heterocycles. The SMILES string of the molecule is Cc1ccc([N+](=O)[O-])cc1-n1c(C)cc(/C=C(\C#N)Sc2nc3ccccc3s2)c1C. The summed E-state index contributed by atoms with van der Waals surface area (Å²) in [6.45, 7) is 5.83. The van der Waals surface area contributed by atoms with Gasteiger partial charge in [0.2, 0.25) is 0 Å². The maximum absolute atomic E-state index is 11.2. The van der Waals surface area contributed by atoms with Crippen molar-refractivity contribution in [2.24, 2.45) is 0 Å². The van der Waals surface area contributed by atoms with E-state index in [0.29, 0.717) is 4.91 Å². The maximum Gasteiger partial charge on any atom is 0.271 e. The third-order valence-corrected chi connectivity index (χ3v) is 7.01. The van der Waals surface area contributed by atoms with Crippen molar-refractivity contribution in [3.63, 3.8) is 0 Å². The van der Waals surface area contributed by atoms with Gasteiger partial charge in [0.15, 0.2) is 4.34 Å². The van der Waals surface area contributed by atoms with Crippen molar-refractivity contribution < 1.29 is 4.92 Å². The Bertz CT molecular complexity index is 1360. The second-order valence-electron chi connectivity index (χ2n) is 7.06. The van der Waals surface area contributed by atoms with E-state index in [1.807, 2.05) is 61.7 Å². The van der Waals surface area contributed by atoms with Gasteiger partial charge in [0.25, 0.3) is 5.69 Å². The molecule has 154 valence electrons. The Morgan fingerprint density at radius 3 is 2.71 bits per heavy atom. The Labute approximate surface area is 187 Å². The van der Waals surface area contributed by atoms with Gasteiger partial charge in [0, 0.05) is 23.5 Å². The topological polar surface area (TPSA) is 84.8 Å². The number of nitro groups is 1. The lowest BCUT2D eigenvalue weighted by atomic mass is 10.1. The average molecular weight is 447 g/mol. The van der Waals surface area contributed by atoms with Crippen LogP contribution in [0.3, 0.4) is 0 Å². The number of nitriles is 1. The standard InChI is InChI=1S/C23H18N4O2S2/c1-14-8-9-18(27(28)29)12-21(14)26-15(2)10-17(16(26)3)11-19(13-24)30-23-25-20-6-4-5-7-22(20)31-23/h4-12H,1-3H3/b19-11+. The number of nitro benzene ring substituents is 1. The van der Waals surface area contributed by atoms with E-state index in [1.54, 1.807) is 23.5 Å². The van der Waals surface area contributed by atoms with Gasteiger partial charge in [-0.1, -0.05) is 18.2 Å². The molecule has 0 radical (unpaired) electrons. The van der Waals surface area contributed by atoms with Crippen molar-refractivity contribution in [1.29, 1.82) is 5.26 Å². The summed E-state index contributed by atoms with van der Waals surface area (Å²) in [5, 5.41) is 20.9. The zero-order valence-electron chi connectivity index (χ0n) is 17.1. The number of nitrogens with zero attached hydrogens (tertiary/aromatic N) is 4. The molecule has 0 aliphatic carbocycles. The van der Waals surface area contributed by atoms with E-state index >= 15 is 0 Å². The zero-order valence-corrected chi connectivity index (χ0v) is 18.8. The number of rotatable bonds is 5. The minimum Gasteiger partial charge on any atom is -0.317 e. The Morgan fingerprint density at radius 1 is 1.23 bits per heavy atom. The van der Waals surface area contributed by atoms with E-state index in [9.17, 15) is 15.4 Å². The Morgan fingerprint density at radius 2 is 2.00 bits per heavy atom. The lowest BCUT2D eigenvalue weighted by Crippen LogP contribution is -2.02. The quantitative estimate of drug-likeness (QED) is 0.150. The van der Waals surface area contributed by atoms with E-state index in [0.717, 1.165) is 42.8 Å². The molecular weight excluding hydrogens is 428 g/mol. The monoisotopic (exact) mass is 446 g/mol. The van der Waals surface area contributed by atoms with E-state index in [1.165, 1.54) is 17.8 Å². The Kier molecular flexibility index (Phi) is 5.63. The molecule has 2 heterocycles. The molecule has 8 heteroatoms. The van der Waals surface area contributed by atoms with Gasteiger partial charge in [-0.05, 0) is 67.9 Å².